The molecule has 38 heavy (non-hydrogen) atoms. The predicted octanol–water partition coefficient (Wildman–Crippen LogP) is 2.45. The Bertz CT molecular complexity index is 1410. The van der Waals surface area contributed by atoms with Crippen molar-refractivity contribution in [1.82, 2.24) is 29.5 Å². The van der Waals surface area contributed by atoms with Gasteiger partial charge in [-0.3, -0.25) is 9.69 Å². The van der Waals surface area contributed by atoms with Crippen molar-refractivity contribution in [3.8, 4) is 22.4 Å². The Kier molecular flexibility index (Phi) is 8.56. The molecule has 0 atom stereocenters. The van der Waals surface area contributed by atoms with Crippen molar-refractivity contribution >= 4 is 33.3 Å². The van der Waals surface area contributed by atoms with Crippen molar-refractivity contribution in [2.75, 3.05) is 51.3 Å². The van der Waals surface area contributed by atoms with E-state index in [9.17, 15) is 13.2 Å². The highest BCUT2D eigenvalue weighted by atomic mass is 35.5. The Balaban J connectivity index is 1.56. The van der Waals surface area contributed by atoms with Crippen LogP contribution < -0.4 is 10.5 Å². The number of rotatable bonds is 8. The molecule has 13 heteroatoms. The summed E-state index contributed by atoms with van der Waals surface area (Å²) in [5.74, 6) is -0.864. The second-order valence-corrected chi connectivity index (χ2v) is 11.2. The second-order valence-electron chi connectivity index (χ2n) is 8.98. The van der Waals surface area contributed by atoms with E-state index >= 15 is 4.39 Å². The van der Waals surface area contributed by atoms with Crippen molar-refractivity contribution in [2.45, 2.75) is 13.3 Å². The van der Waals surface area contributed by atoms with Crippen LogP contribution in [0.2, 0.25) is 5.02 Å². The normalized spacial score (nSPS) is 14.6. The van der Waals surface area contributed by atoms with Crippen molar-refractivity contribution < 1.29 is 17.6 Å². The largest absolute Gasteiger partial charge is 0.384 e. The number of aryl methyl sites for hydroxylation is 1. The lowest BCUT2D eigenvalue weighted by atomic mass is 9.96. The molecular formula is C25H29ClFN7O3S. The summed E-state index contributed by atoms with van der Waals surface area (Å²) < 4.78 is 40.4. The highest BCUT2D eigenvalue weighted by Gasteiger charge is 2.27. The topological polar surface area (TPSA) is 134 Å². The molecule has 1 saturated heterocycles. The summed E-state index contributed by atoms with van der Waals surface area (Å²) in [5, 5.41) is -0.0113. The quantitative estimate of drug-likeness (QED) is 0.428. The molecule has 10 nitrogen and oxygen atoms in total. The van der Waals surface area contributed by atoms with Crippen LogP contribution in [-0.4, -0.2) is 84.6 Å². The van der Waals surface area contributed by atoms with Crippen molar-refractivity contribution in [3.63, 3.8) is 0 Å². The SMILES string of the molecule is CCc1ncnc(-c2cc(F)c(C(=O)N3CCN(CCNS(C)(=O)=O)CC3)c(Cl)c2)c1-c1ccc(N)nc1. The Morgan fingerprint density at radius 3 is 2.47 bits per heavy atom. The highest BCUT2D eigenvalue weighted by Crippen LogP contribution is 2.35. The van der Waals surface area contributed by atoms with Crippen LogP contribution in [0, 0.1) is 5.82 Å². The number of pyridine rings is 1. The van der Waals surface area contributed by atoms with Crippen LogP contribution in [0.1, 0.15) is 23.0 Å². The van der Waals surface area contributed by atoms with Gasteiger partial charge in [-0.15, -0.1) is 0 Å². The van der Waals surface area contributed by atoms with Gasteiger partial charge in [0.05, 0.1) is 28.2 Å². The number of piperazine rings is 1. The molecule has 1 aliphatic heterocycles. The third-order valence-corrected chi connectivity index (χ3v) is 7.34. The summed E-state index contributed by atoms with van der Waals surface area (Å²) in [6, 6.07) is 6.28. The minimum absolute atomic E-state index is 0.0113. The summed E-state index contributed by atoms with van der Waals surface area (Å²) in [4.78, 5) is 29.7. The molecular weight excluding hydrogens is 533 g/mol. The fraction of sp³-hybridized carbons (Fsp3) is 0.360. The summed E-state index contributed by atoms with van der Waals surface area (Å²) in [5.41, 5.74) is 8.61. The number of nitrogen functional groups attached to an aromatic ring is 1. The minimum atomic E-state index is -3.26. The van der Waals surface area contributed by atoms with Crippen molar-refractivity contribution in [3.05, 3.63) is 58.9 Å². The molecule has 0 unspecified atom stereocenters. The maximum Gasteiger partial charge on any atom is 0.258 e. The molecule has 1 fully saturated rings. The van der Waals surface area contributed by atoms with Gasteiger partial charge in [-0.1, -0.05) is 18.5 Å². The van der Waals surface area contributed by atoms with Crippen LogP contribution in [0.4, 0.5) is 10.2 Å². The molecule has 1 aromatic carbocycles. The number of carbonyl (C=O) groups is 1. The van der Waals surface area contributed by atoms with E-state index in [1.807, 2.05) is 11.8 Å². The first-order chi connectivity index (χ1) is 18.1. The Morgan fingerprint density at radius 1 is 1.13 bits per heavy atom. The maximum absolute atomic E-state index is 15.4. The molecule has 3 heterocycles. The van der Waals surface area contributed by atoms with Gasteiger partial charge < -0.3 is 10.6 Å². The highest BCUT2D eigenvalue weighted by molar-refractivity contribution is 7.88. The lowest BCUT2D eigenvalue weighted by Gasteiger charge is -2.35. The lowest BCUT2D eigenvalue weighted by Crippen LogP contribution is -2.50. The molecule has 1 amide bonds. The third-order valence-electron chi connectivity index (χ3n) is 6.32. The van der Waals surface area contributed by atoms with Gasteiger partial charge in [0, 0.05) is 62.2 Å². The van der Waals surface area contributed by atoms with Crippen LogP contribution in [0.25, 0.3) is 22.4 Å². The summed E-state index contributed by atoms with van der Waals surface area (Å²) >= 11 is 6.50. The molecule has 3 aromatic rings. The number of aromatic nitrogens is 3. The van der Waals surface area contributed by atoms with Crippen LogP contribution in [0.15, 0.2) is 36.8 Å². The number of halogens is 2. The van der Waals surface area contributed by atoms with E-state index in [0.717, 1.165) is 17.5 Å². The molecule has 1 aliphatic rings. The van der Waals surface area contributed by atoms with E-state index in [1.54, 1.807) is 29.3 Å². The van der Waals surface area contributed by atoms with E-state index in [0.29, 0.717) is 61.8 Å². The molecule has 4 rings (SSSR count). The lowest BCUT2D eigenvalue weighted by molar-refractivity contribution is 0.0636. The van der Waals surface area contributed by atoms with Crippen molar-refractivity contribution in [1.29, 1.82) is 0 Å². The Hall–Kier alpha value is -3.19. The number of amides is 1. The van der Waals surface area contributed by atoms with E-state index in [-0.39, 0.29) is 17.1 Å². The molecule has 0 spiro atoms. The molecule has 0 aliphatic carbocycles. The molecule has 202 valence electrons. The number of nitrogens with two attached hydrogens (primary N) is 1. The summed E-state index contributed by atoms with van der Waals surface area (Å²) in [7, 11) is -3.26. The fourth-order valence-electron chi connectivity index (χ4n) is 4.40. The molecule has 0 radical (unpaired) electrons. The first kappa shape index (κ1) is 27.8. The van der Waals surface area contributed by atoms with Gasteiger partial charge in [-0.2, -0.15) is 0 Å². The van der Waals surface area contributed by atoms with E-state index in [1.165, 1.54) is 12.4 Å². The van der Waals surface area contributed by atoms with E-state index < -0.39 is 21.7 Å². The van der Waals surface area contributed by atoms with Crippen LogP contribution in [0.5, 0.6) is 0 Å². The van der Waals surface area contributed by atoms with Gasteiger partial charge in [-0.25, -0.2) is 32.5 Å². The molecule has 2 aromatic heterocycles. The zero-order valence-electron chi connectivity index (χ0n) is 21.1. The van der Waals surface area contributed by atoms with E-state index in [2.05, 4.69) is 19.7 Å². The fourth-order valence-corrected chi connectivity index (χ4v) is 5.15. The number of hydrogen-bond donors (Lipinski definition) is 2. The van der Waals surface area contributed by atoms with E-state index in [4.69, 9.17) is 17.3 Å². The minimum Gasteiger partial charge on any atom is -0.384 e. The predicted molar refractivity (Wildman–Crippen MR) is 145 cm³/mol. The third kappa shape index (κ3) is 6.44. The van der Waals surface area contributed by atoms with Gasteiger partial charge in [0.2, 0.25) is 10.0 Å². The zero-order valence-corrected chi connectivity index (χ0v) is 22.7. The summed E-state index contributed by atoms with van der Waals surface area (Å²) in [6.45, 7) is 4.57. The van der Waals surface area contributed by atoms with Crippen LogP contribution >= 0.6 is 11.6 Å². The zero-order chi connectivity index (χ0) is 27.4. The number of sulfonamides is 1. The van der Waals surface area contributed by atoms with Crippen molar-refractivity contribution in [2.24, 2.45) is 0 Å². The average molecular weight is 562 g/mol. The number of anilines is 1. The Morgan fingerprint density at radius 2 is 1.87 bits per heavy atom. The number of benzene rings is 1. The standard InChI is InChI=1S/C25H29ClFN7O3S/c1-3-20-22(16-4-5-21(28)29-14-16)24(31-15-30-20)17-12-18(26)23(19(27)13-17)25(35)34-10-8-33(9-11-34)7-6-32-38(2,36)37/h4-5,12-15,32H,3,6-11H2,1-2H3,(H2,28,29). The first-order valence-electron chi connectivity index (χ1n) is 12.1. The average Bonchev–Trinajstić information content (AvgIpc) is 2.88. The number of nitrogens with one attached hydrogen (secondary N) is 1. The number of carbonyl (C=O) groups excluding carboxylic acids is 1. The van der Waals surface area contributed by atoms with Gasteiger partial charge in [0.15, 0.2) is 0 Å². The smallest absolute Gasteiger partial charge is 0.258 e. The van der Waals surface area contributed by atoms with Crippen LogP contribution in [-0.2, 0) is 16.4 Å². The Labute approximate surface area is 226 Å². The van der Waals surface area contributed by atoms with Crippen LogP contribution in [0.3, 0.4) is 0 Å². The first-order valence-corrected chi connectivity index (χ1v) is 14.4. The monoisotopic (exact) mass is 561 g/mol. The number of nitrogens with zero attached hydrogens (tertiary/aromatic N) is 5. The molecule has 0 bridgehead atoms. The van der Waals surface area contributed by atoms with Gasteiger partial charge in [0.25, 0.3) is 5.91 Å². The molecule has 3 N–H and O–H groups in total. The van der Waals surface area contributed by atoms with Gasteiger partial charge in [-0.05, 0) is 30.7 Å². The summed E-state index contributed by atoms with van der Waals surface area (Å²) in [6.07, 6.45) is 4.75. The van der Waals surface area contributed by atoms with Gasteiger partial charge >= 0.3 is 0 Å². The molecule has 0 saturated carbocycles. The van der Waals surface area contributed by atoms with Gasteiger partial charge in [0.1, 0.15) is 18.0 Å². The maximum atomic E-state index is 15.4. The second kappa shape index (κ2) is 11.7. The number of hydrogen-bond acceptors (Lipinski definition) is 8.